The van der Waals surface area contributed by atoms with Crippen molar-refractivity contribution in [2.75, 3.05) is 4.90 Å². The van der Waals surface area contributed by atoms with Crippen LogP contribution in [0, 0.1) is 0 Å². The molecule has 1 fully saturated rings. The highest BCUT2D eigenvalue weighted by Crippen LogP contribution is 2.44. The number of ketones is 1. The summed E-state index contributed by atoms with van der Waals surface area (Å²) in [7, 11) is 0. The number of aromatic nitrogens is 1. The fourth-order valence-corrected chi connectivity index (χ4v) is 5.20. The lowest BCUT2D eigenvalue weighted by Gasteiger charge is -2.23. The number of thiazole rings is 1. The molecule has 33 heavy (non-hydrogen) atoms. The van der Waals surface area contributed by atoms with E-state index in [0.29, 0.717) is 21.3 Å². The molecule has 0 bridgehead atoms. The molecule has 5 rings (SSSR count). The predicted molar refractivity (Wildman–Crippen MR) is 132 cm³/mol. The summed E-state index contributed by atoms with van der Waals surface area (Å²) in [5.74, 6) is -1.68. The Morgan fingerprint density at radius 1 is 1.06 bits per heavy atom. The minimum absolute atomic E-state index is 0.0297. The number of fused-ring (bicyclic) bond motifs is 1. The highest BCUT2D eigenvalue weighted by atomic mass is 35.5. The van der Waals surface area contributed by atoms with E-state index in [1.165, 1.54) is 16.2 Å². The normalized spacial score (nSPS) is 17.8. The van der Waals surface area contributed by atoms with Gasteiger partial charge in [0, 0.05) is 10.6 Å². The van der Waals surface area contributed by atoms with Crippen molar-refractivity contribution in [3.8, 4) is 0 Å². The molecule has 5 nitrogen and oxygen atoms in total. The van der Waals surface area contributed by atoms with Crippen molar-refractivity contribution < 1.29 is 14.7 Å². The van der Waals surface area contributed by atoms with Crippen LogP contribution in [-0.4, -0.2) is 21.8 Å². The average Bonchev–Trinajstić information content (AvgIpc) is 3.37. The third-order valence-corrected chi connectivity index (χ3v) is 7.00. The molecule has 1 aliphatic heterocycles. The van der Waals surface area contributed by atoms with Gasteiger partial charge in [-0.15, -0.1) is 0 Å². The number of hydrogen-bond donors (Lipinski definition) is 1. The number of rotatable bonds is 4. The molecule has 7 heteroatoms. The number of halogens is 1. The standard InChI is InChI=1S/C26H19ClN2O3S/c1-2-15-8-13-19-20(14-15)33-26(28-19)29-22(16-9-11-18(27)12-10-16)21(24(31)25(29)32)23(30)17-6-4-3-5-7-17/h3-14,22,30H,2H2,1H3/t22-/m0/s1. The van der Waals surface area contributed by atoms with Gasteiger partial charge in [0.05, 0.1) is 21.8 Å². The maximum atomic E-state index is 13.3. The number of amides is 1. The Hall–Kier alpha value is -3.48. The molecule has 1 aromatic heterocycles. The molecule has 0 saturated carbocycles. The second-order valence-corrected chi connectivity index (χ2v) is 9.18. The first-order valence-electron chi connectivity index (χ1n) is 10.5. The van der Waals surface area contributed by atoms with E-state index in [1.807, 2.05) is 24.3 Å². The van der Waals surface area contributed by atoms with Crippen molar-refractivity contribution in [3.05, 3.63) is 100 Å². The minimum atomic E-state index is -0.825. The first-order valence-corrected chi connectivity index (χ1v) is 11.7. The molecule has 0 radical (unpaired) electrons. The second kappa shape index (κ2) is 8.46. The van der Waals surface area contributed by atoms with E-state index in [-0.39, 0.29) is 11.3 Å². The van der Waals surface area contributed by atoms with Crippen molar-refractivity contribution in [2.24, 2.45) is 0 Å². The molecular weight excluding hydrogens is 456 g/mol. The Labute approximate surface area is 199 Å². The number of nitrogens with zero attached hydrogens (tertiary/aromatic N) is 2. The van der Waals surface area contributed by atoms with Gasteiger partial charge in [-0.25, -0.2) is 4.98 Å². The quantitative estimate of drug-likeness (QED) is 0.219. The van der Waals surface area contributed by atoms with Gasteiger partial charge >= 0.3 is 5.91 Å². The van der Waals surface area contributed by atoms with Crippen molar-refractivity contribution in [2.45, 2.75) is 19.4 Å². The molecule has 1 amide bonds. The highest BCUT2D eigenvalue weighted by Gasteiger charge is 2.48. The summed E-state index contributed by atoms with van der Waals surface area (Å²) in [5, 5.41) is 12.0. The summed E-state index contributed by atoms with van der Waals surface area (Å²) in [6.45, 7) is 2.08. The second-order valence-electron chi connectivity index (χ2n) is 7.74. The van der Waals surface area contributed by atoms with Gasteiger partial charge in [-0.05, 0) is 41.8 Å². The number of Topliss-reactive ketones (excluding diaryl/α,β-unsaturated/α-hetero) is 1. The molecule has 0 spiro atoms. The number of benzene rings is 3. The van der Waals surface area contributed by atoms with Gasteiger partial charge in [-0.1, -0.05) is 78.4 Å². The molecule has 4 aromatic rings. The lowest BCUT2D eigenvalue weighted by atomic mass is 9.95. The SMILES string of the molecule is CCc1ccc2nc(N3C(=O)C(=O)C(=C(O)c4ccccc4)[C@@H]3c3ccc(Cl)cc3)sc2c1. The van der Waals surface area contributed by atoms with Crippen LogP contribution in [0.25, 0.3) is 16.0 Å². The van der Waals surface area contributed by atoms with Crippen LogP contribution in [0.5, 0.6) is 0 Å². The maximum Gasteiger partial charge on any atom is 0.301 e. The van der Waals surface area contributed by atoms with Crippen LogP contribution in [0.1, 0.15) is 29.7 Å². The average molecular weight is 475 g/mol. The number of aliphatic hydroxyl groups excluding tert-OH is 1. The van der Waals surface area contributed by atoms with Gasteiger partial charge in [0.2, 0.25) is 0 Å². The Bertz CT molecular complexity index is 1410. The molecule has 2 heterocycles. The Morgan fingerprint density at radius 3 is 2.48 bits per heavy atom. The Morgan fingerprint density at radius 2 is 1.79 bits per heavy atom. The van der Waals surface area contributed by atoms with Crippen LogP contribution in [0.2, 0.25) is 5.02 Å². The molecule has 0 aliphatic carbocycles. The minimum Gasteiger partial charge on any atom is -0.507 e. The first kappa shape index (κ1) is 21.4. The van der Waals surface area contributed by atoms with Gasteiger partial charge in [-0.2, -0.15) is 0 Å². The molecule has 0 unspecified atom stereocenters. The number of hydrogen-bond acceptors (Lipinski definition) is 5. The zero-order valence-electron chi connectivity index (χ0n) is 17.7. The summed E-state index contributed by atoms with van der Waals surface area (Å²) in [5.41, 5.74) is 3.07. The van der Waals surface area contributed by atoms with Crippen LogP contribution < -0.4 is 4.90 Å². The molecule has 1 N–H and O–H groups in total. The summed E-state index contributed by atoms with van der Waals surface area (Å²) in [4.78, 5) is 32.5. The van der Waals surface area contributed by atoms with Crippen LogP contribution >= 0.6 is 22.9 Å². The molecule has 1 atom stereocenters. The number of anilines is 1. The number of aryl methyl sites for hydroxylation is 1. The van der Waals surface area contributed by atoms with Crippen molar-refractivity contribution in [3.63, 3.8) is 0 Å². The van der Waals surface area contributed by atoms with E-state index in [4.69, 9.17) is 11.6 Å². The molecule has 1 aliphatic rings. The van der Waals surface area contributed by atoms with Crippen LogP contribution in [0.15, 0.2) is 78.4 Å². The zero-order chi connectivity index (χ0) is 23.1. The third-order valence-electron chi connectivity index (χ3n) is 5.73. The summed E-state index contributed by atoms with van der Waals surface area (Å²) in [6.07, 6.45) is 0.884. The van der Waals surface area contributed by atoms with E-state index in [0.717, 1.165) is 22.2 Å². The van der Waals surface area contributed by atoms with Crippen molar-refractivity contribution in [1.82, 2.24) is 4.98 Å². The van der Waals surface area contributed by atoms with Gasteiger partial charge in [0.1, 0.15) is 5.76 Å². The van der Waals surface area contributed by atoms with Crippen molar-refractivity contribution in [1.29, 1.82) is 0 Å². The Kier molecular flexibility index (Phi) is 5.48. The van der Waals surface area contributed by atoms with Crippen molar-refractivity contribution >= 4 is 55.7 Å². The fraction of sp³-hybridized carbons (Fsp3) is 0.115. The summed E-state index contributed by atoms with van der Waals surface area (Å²) >= 11 is 7.44. The molecule has 1 saturated heterocycles. The van der Waals surface area contributed by atoms with Crippen LogP contribution in [0.3, 0.4) is 0 Å². The molecule has 3 aromatic carbocycles. The highest BCUT2D eigenvalue weighted by molar-refractivity contribution is 7.22. The smallest absolute Gasteiger partial charge is 0.301 e. The van der Waals surface area contributed by atoms with Crippen LogP contribution in [0.4, 0.5) is 5.13 Å². The fourth-order valence-electron chi connectivity index (χ4n) is 4.02. The van der Waals surface area contributed by atoms with E-state index in [2.05, 4.69) is 11.9 Å². The van der Waals surface area contributed by atoms with E-state index >= 15 is 0 Å². The van der Waals surface area contributed by atoms with Crippen LogP contribution in [-0.2, 0) is 16.0 Å². The number of aliphatic hydroxyl groups is 1. The lowest BCUT2D eigenvalue weighted by Crippen LogP contribution is -2.29. The van der Waals surface area contributed by atoms with E-state index < -0.39 is 17.7 Å². The van der Waals surface area contributed by atoms with E-state index in [1.54, 1.807) is 48.5 Å². The first-order chi connectivity index (χ1) is 16.0. The number of carbonyl (C=O) groups excluding carboxylic acids is 2. The van der Waals surface area contributed by atoms with Gasteiger partial charge < -0.3 is 5.11 Å². The third kappa shape index (κ3) is 3.71. The van der Waals surface area contributed by atoms with Gasteiger partial charge in [0.25, 0.3) is 5.78 Å². The Balaban J connectivity index is 1.72. The monoisotopic (exact) mass is 474 g/mol. The maximum absolute atomic E-state index is 13.3. The van der Waals surface area contributed by atoms with Gasteiger partial charge in [-0.3, -0.25) is 14.5 Å². The number of carbonyl (C=O) groups is 2. The zero-order valence-corrected chi connectivity index (χ0v) is 19.2. The largest absolute Gasteiger partial charge is 0.507 e. The van der Waals surface area contributed by atoms with E-state index in [9.17, 15) is 14.7 Å². The van der Waals surface area contributed by atoms with Gasteiger partial charge in [0.15, 0.2) is 5.13 Å². The summed E-state index contributed by atoms with van der Waals surface area (Å²) in [6, 6.07) is 20.8. The lowest BCUT2D eigenvalue weighted by molar-refractivity contribution is -0.132. The summed E-state index contributed by atoms with van der Waals surface area (Å²) < 4.78 is 0.934. The molecular formula is C26H19ClN2O3S. The predicted octanol–water partition coefficient (Wildman–Crippen LogP) is 6.14. The molecule has 164 valence electrons. The topological polar surface area (TPSA) is 70.5 Å².